The highest BCUT2D eigenvalue weighted by atomic mass is 16.5. The zero-order valence-corrected chi connectivity index (χ0v) is 12.5. The van der Waals surface area contributed by atoms with Crippen LogP contribution in [0, 0.1) is 13.8 Å². The number of aryl methyl sites for hydroxylation is 2. The SMILES string of the molecule is Cc1nc(C)n(CC(N)c2ccc(OC(C)C)cc2)n1. The number of nitrogens with two attached hydrogens (primary N) is 1. The van der Waals surface area contributed by atoms with Gasteiger partial charge in [0.05, 0.1) is 12.6 Å². The van der Waals surface area contributed by atoms with Crippen LogP contribution in [0.1, 0.15) is 37.1 Å². The molecule has 0 fully saturated rings. The lowest BCUT2D eigenvalue weighted by Gasteiger charge is -2.14. The van der Waals surface area contributed by atoms with E-state index < -0.39 is 0 Å². The van der Waals surface area contributed by atoms with Crippen LogP contribution < -0.4 is 10.5 Å². The first kappa shape index (κ1) is 14.5. The van der Waals surface area contributed by atoms with Crippen molar-refractivity contribution in [1.29, 1.82) is 0 Å². The van der Waals surface area contributed by atoms with Crippen LogP contribution in [0.5, 0.6) is 5.75 Å². The molecular formula is C15H22N4O. The minimum absolute atomic E-state index is 0.108. The molecule has 1 aromatic carbocycles. The Bertz CT molecular complexity index is 560. The molecule has 2 rings (SSSR count). The van der Waals surface area contributed by atoms with Crippen LogP contribution >= 0.6 is 0 Å². The predicted octanol–water partition coefficient (Wildman–Crippen LogP) is 2.38. The number of ether oxygens (including phenoxy) is 1. The number of rotatable bonds is 5. The summed E-state index contributed by atoms with van der Waals surface area (Å²) in [5.74, 6) is 2.52. The molecule has 20 heavy (non-hydrogen) atoms. The number of nitrogens with zero attached hydrogens (tertiary/aromatic N) is 3. The van der Waals surface area contributed by atoms with Crippen LogP contribution in [0.4, 0.5) is 0 Å². The van der Waals surface area contributed by atoms with Crippen molar-refractivity contribution in [2.45, 2.75) is 46.4 Å². The molecule has 0 aliphatic heterocycles. The summed E-state index contributed by atoms with van der Waals surface area (Å²) in [5, 5.41) is 4.33. The second-order valence-electron chi connectivity index (χ2n) is 5.23. The van der Waals surface area contributed by atoms with Crippen LogP contribution in [0.3, 0.4) is 0 Å². The van der Waals surface area contributed by atoms with Gasteiger partial charge in [0, 0.05) is 6.04 Å². The Morgan fingerprint density at radius 1 is 1.20 bits per heavy atom. The molecule has 0 aliphatic carbocycles. The molecule has 0 radical (unpaired) electrons. The largest absolute Gasteiger partial charge is 0.491 e. The van der Waals surface area contributed by atoms with Crippen molar-refractivity contribution in [3.63, 3.8) is 0 Å². The fraction of sp³-hybridized carbons (Fsp3) is 0.467. The number of benzene rings is 1. The minimum Gasteiger partial charge on any atom is -0.491 e. The molecule has 0 saturated carbocycles. The van der Waals surface area contributed by atoms with E-state index in [-0.39, 0.29) is 12.1 Å². The quantitative estimate of drug-likeness (QED) is 0.909. The van der Waals surface area contributed by atoms with Crippen molar-refractivity contribution in [2.75, 3.05) is 0 Å². The van der Waals surface area contributed by atoms with Crippen molar-refractivity contribution < 1.29 is 4.74 Å². The molecule has 0 spiro atoms. The molecule has 2 N–H and O–H groups in total. The maximum Gasteiger partial charge on any atom is 0.147 e. The number of aromatic nitrogens is 3. The van der Waals surface area contributed by atoms with E-state index in [2.05, 4.69) is 10.1 Å². The van der Waals surface area contributed by atoms with E-state index in [1.165, 1.54) is 0 Å². The van der Waals surface area contributed by atoms with Gasteiger partial charge in [-0.1, -0.05) is 12.1 Å². The van der Waals surface area contributed by atoms with Crippen LogP contribution in [0.2, 0.25) is 0 Å². The molecule has 5 heteroatoms. The van der Waals surface area contributed by atoms with Gasteiger partial charge in [0.1, 0.15) is 17.4 Å². The van der Waals surface area contributed by atoms with Gasteiger partial charge in [0.2, 0.25) is 0 Å². The molecular weight excluding hydrogens is 252 g/mol. The van der Waals surface area contributed by atoms with E-state index in [0.29, 0.717) is 6.54 Å². The van der Waals surface area contributed by atoms with Crippen LogP contribution in [-0.2, 0) is 6.54 Å². The number of hydrogen-bond acceptors (Lipinski definition) is 4. The predicted molar refractivity (Wildman–Crippen MR) is 78.6 cm³/mol. The first-order chi connectivity index (χ1) is 9.45. The van der Waals surface area contributed by atoms with Gasteiger partial charge in [-0.3, -0.25) is 0 Å². The van der Waals surface area contributed by atoms with Crippen molar-refractivity contribution in [1.82, 2.24) is 14.8 Å². The summed E-state index contributed by atoms with van der Waals surface area (Å²) >= 11 is 0. The Morgan fingerprint density at radius 2 is 1.85 bits per heavy atom. The summed E-state index contributed by atoms with van der Waals surface area (Å²) in [7, 11) is 0. The van der Waals surface area contributed by atoms with Crippen molar-refractivity contribution >= 4 is 0 Å². The highest BCUT2D eigenvalue weighted by Crippen LogP contribution is 2.18. The minimum atomic E-state index is -0.108. The first-order valence-electron chi connectivity index (χ1n) is 6.86. The smallest absolute Gasteiger partial charge is 0.147 e. The molecule has 2 aromatic rings. The topological polar surface area (TPSA) is 66.0 Å². The Labute approximate surface area is 119 Å². The van der Waals surface area contributed by atoms with Gasteiger partial charge in [-0.15, -0.1) is 0 Å². The second kappa shape index (κ2) is 6.05. The van der Waals surface area contributed by atoms with Crippen molar-refractivity contribution in [3.05, 3.63) is 41.5 Å². The Kier molecular flexibility index (Phi) is 4.39. The van der Waals surface area contributed by atoms with Crippen LogP contribution in [0.15, 0.2) is 24.3 Å². The van der Waals surface area contributed by atoms with Gasteiger partial charge in [-0.25, -0.2) is 9.67 Å². The zero-order valence-electron chi connectivity index (χ0n) is 12.5. The van der Waals surface area contributed by atoms with Crippen LogP contribution in [0.25, 0.3) is 0 Å². The van der Waals surface area contributed by atoms with Gasteiger partial charge in [0.25, 0.3) is 0 Å². The van der Waals surface area contributed by atoms with E-state index in [0.717, 1.165) is 23.0 Å². The third kappa shape index (κ3) is 3.57. The van der Waals surface area contributed by atoms with Gasteiger partial charge in [-0.2, -0.15) is 5.10 Å². The lowest BCUT2D eigenvalue weighted by Crippen LogP contribution is -2.19. The van der Waals surface area contributed by atoms with Gasteiger partial charge < -0.3 is 10.5 Å². The molecule has 0 aliphatic rings. The molecule has 0 amide bonds. The molecule has 0 saturated heterocycles. The molecule has 108 valence electrons. The Balaban J connectivity index is 2.05. The molecule has 1 atom stereocenters. The van der Waals surface area contributed by atoms with E-state index in [9.17, 15) is 0 Å². The fourth-order valence-electron chi connectivity index (χ4n) is 2.09. The van der Waals surface area contributed by atoms with Crippen molar-refractivity contribution in [2.24, 2.45) is 5.73 Å². The maximum atomic E-state index is 6.23. The fourth-order valence-corrected chi connectivity index (χ4v) is 2.09. The van der Waals surface area contributed by atoms with E-state index in [1.54, 1.807) is 0 Å². The monoisotopic (exact) mass is 274 g/mol. The Hall–Kier alpha value is -1.88. The standard InChI is InChI=1S/C15H22N4O/c1-10(2)20-14-7-5-13(6-8-14)15(16)9-19-12(4)17-11(3)18-19/h5-8,10,15H,9,16H2,1-4H3. The molecule has 1 heterocycles. The average Bonchev–Trinajstić information content (AvgIpc) is 2.68. The summed E-state index contributed by atoms with van der Waals surface area (Å²) in [4.78, 5) is 4.28. The summed E-state index contributed by atoms with van der Waals surface area (Å²) in [6.45, 7) is 8.46. The van der Waals surface area contributed by atoms with Crippen LogP contribution in [-0.4, -0.2) is 20.9 Å². The summed E-state index contributed by atoms with van der Waals surface area (Å²) in [6, 6.07) is 7.80. The lowest BCUT2D eigenvalue weighted by atomic mass is 10.1. The molecule has 5 nitrogen and oxygen atoms in total. The summed E-state index contributed by atoms with van der Waals surface area (Å²) < 4.78 is 7.47. The first-order valence-corrected chi connectivity index (χ1v) is 6.86. The van der Waals surface area contributed by atoms with Gasteiger partial charge in [0.15, 0.2) is 0 Å². The Morgan fingerprint density at radius 3 is 2.35 bits per heavy atom. The molecule has 0 bridgehead atoms. The summed E-state index contributed by atoms with van der Waals surface area (Å²) in [5.41, 5.74) is 7.29. The second-order valence-corrected chi connectivity index (χ2v) is 5.23. The highest BCUT2D eigenvalue weighted by Gasteiger charge is 2.10. The van der Waals surface area contributed by atoms with E-state index >= 15 is 0 Å². The molecule has 1 aromatic heterocycles. The third-order valence-electron chi connectivity index (χ3n) is 3.01. The highest BCUT2D eigenvalue weighted by molar-refractivity contribution is 5.29. The number of hydrogen-bond donors (Lipinski definition) is 1. The van der Waals surface area contributed by atoms with Gasteiger partial charge in [-0.05, 0) is 45.4 Å². The molecule has 1 unspecified atom stereocenters. The van der Waals surface area contributed by atoms with Crippen molar-refractivity contribution in [3.8, 4) is 5.75 Å². The lowest BCUT2D eigenvalue weighted by molar-refractivity contribution is 0.242. The zero-order chi connectivity index (χ0) is 14.7. The average molecular weight is 274 g/mol. The third-order valence-corrected chi connectivity index (χ3v) is 3.01. The summed E-state index contributed by atoms with van der Waals surface area (Å²) in [6.07, 6.45) is 0.176. The van der Waals surface area contributed by atoms with E-state index in [4.69, 9.17) is 10.5 Å². The van der Waals surface area contributed by atoms with Gasteiger partial charge >= 0.3 is 0 Å². The maximum absolute atomic E-state index is 6.23. The van der Waals surface area contributed by atoms with E-state index in [1.807, 2.05) is 56.6 Å². The normalized spacial score (nSPS) is 12.7.